The number of nitrogens with zero attached hydrogens (tertiary/aromatic N) is 1. The van der Waals surface area contributed by atoms with E-state index in [9.17, 15) is 10.2 Å². The molecule has 4 unspecified atom stereocenters. The molecule has 2 fully saturated rings. The Bertz CT molecular complexity index is 249. The first kappa shape index (κ1) is 14.3. The zero-order valence-corrected chi connectivity index (χ0v) is 11.4. The van der Waals surface area contributed by atoms with Gasteiger partial charge in [-0.1, -0.05) is 19.3 Å². The molecule has 0 amide bonds. The Morgan fingerprint density at radius 3 is 2.78 bits per heavy atom. The van der Waals surface area contributed by atoms with E-state index in [1.807, 2.05) is 0 Å². The number of rotatable bonds is 3. The summed E-state index contributed by atoms with van der Waals surface area (Å²) in [5.41, 5.74) is 0. The van der Waals surface area contributed by atoms with Gasteiger partial charge in [0.05, 0.1) is 25.4 Å². The highest BCUT2D eigenvalue weighted by Gasteiger charge is 2.30. The summed E-state index contributed by atoms with van der Waals surface area (Å²) in [5, 5.41) is 19.4. The molecule has 4 atom stereocenters. The Kier molecular flexibility index (Phi) is 5.42. The normalized spacial score (nSPS) is 39.5. The standard InChI is InChI=1S/C14H27NO3/c1-11-10-18-13(9-16)8-15(11)7-12-5-3-2-4-6-14(12)17/h11-14,16-17H,2-10H2,1H3. The monoisotopic (exact) mass is 257 g/mol. The van der Waals surface area contributed by atoms with E-state index in [1.54, 1.807) is 0 Å². The number of morpholine rings is 1. The molecule has 2 rings (SSSR count). The largest absolute Gasteiger partial charge is 0.394 e. The van der Waals surface area contributed by atoms with Gasteiger partial charge in [-0.05, 0) is 25.7 Å². The van der Waals surface area contributed by atoms with E-state index in [1.165, 1.54) is 12.8 Å². The van der Waals surface area contributed by atoms with Crippen LogP contribution in [0.1, 0.15) is 39.0 Å². The summed E-state index contributed by atoms with van der Waals surface area (Å²) in [6.07, 6.45) is 5.55. The van der Waals surface area contributed by atoms with Crippen molar-refractivity contribution in [3.8, 4) is 0 Å². The molecule has 0 radical (unpaired) electrons. The zero-order valence-electron chi connectivity index (χ0n) is 11.4. The first-order valence-corrected chi connectivity index (χ1v) is 7.35. The van der Waals surface area contributed by atoms with Gasteiger partial charge >= 0.3 is 0 Å². The van der Waals surface area contributed by atoms with E-state index < -0.39 is 0 Å². The highest BCUT2D eigenvalue weighted by atomic mass is 16.5. The molecule has 4 nitrogen and oxygen atoms in total. The van der Waals surface area contributed by atoms with E-state index in [-0.39, 0.29) is 18.8 Å². The number of hydrogen-bond acceptors (Lipinski definition) is 4. The highest BCUT2D eigenvalue weighted by Crippen LogP contribution is 2.26. The Balaban J connectivity index is 1.89. The molecule has 1 aliphatic heterocycles. The molecule has 106 valence electrons. The van der Waals surface area contributed by atoms with Gasteiger partial charge in [0.15, 0.2) is 0 Å². The van der Waals surface area contributed by atoms with Gasteiger partial charge in [0, 0.05) is 19.1 Å². The predicted molar refractivity (Wildman–Crippen MR) is 70.4 cm³/mol. The van der Waals surface area contributed by atoms with Crippen LogP contribution in [0, 0.1) is 5.92 Å². The minimum atomic E-state index is -0.143. The van der Waals surface area contributed by atoms with E-state index in [0.29, 0.717) is 18.6 Å². The molecular weight excluding hydrogens is 230 g/mol. The molecular formula is C14H27NO3. The molecule has 18 heavy (non-hydrogen) atoms. The Labute approximate surface area is 110 Å². The molecule has 0 aromatic carbocycles. The topological polar surface area (TPSA) is 52.9 Å². The van der Waals surface area contributed by atoms with Crippen molar-refractivity contribution >= 4 is 0 Å². The second kappa shape index (κ2) is 6.85. The van der Waals surface area contributed by atoms with Crippen LogP contribution in [0.5, 0.6) is 0 Å². The summed E-state index contributed by atoms with van der Waals surface area (Å²) in [4.78, 5) is 2.38. The Morgan fingerprint density at radius 2 is 2.00 bits per heavy atom. The lowest BCUT2D eigenvalue weighted by Crippen LogP contribution is -2.51. The first-order chi connectivity index (χ1) is 8.70. The van der Waals surface area contributed by atoms with E-state index in [0.717, 1.165) is 32.4 Å². The van der Waals surface area contributed by atoms with Crippen LogP contribution in [0.2, 0.25) is 0 Å². The van der Waals surface area contributed by atoms with Crippen molar-refractivity contribution in [2.75, 3.05) is 26.3 Å². The quantitative estimate of drug-likeness (QED) is 0.741. The minimum absolute atomic E-state index is 0.0517. The van der Waals surface area contributed by atoms with Crippen molar-refractivity contribution in [1.29, 1.82) is 0 Å². The maximum absolute atomic E-state index is 10.2. The number of aliphatic hydroxyl groups excluding tert-OH is 2. The van der Waals surface area contributed by atoms with Gasteiger partial charge in [-0.15, -0.1) is 0 Å². The lowest BCUT2D eigenvalue weighted by atomic mass is 9.95. The highest BCUT2D eigenvalue weighted by molar-refractivity contribution is 4.82. The second-order valence-corrected chi connectivity index (χ2v) is 5.91. The Hall–Kier alpha value is -0.160. The minimum Gasteiger partial charge on any atom is -0.394 e. The van der Waals surface area contributed by atoms with Gasteiger partial charge in [0.2, 0.25) is 0 Å². The van der Waals surface area contributed by atoms with Crippen LogP contribution in [-0.4, -0.2) is 59.7 Å². The molecule has 0 aromatic rings. The summed E-state index contributed by atoms with van der Waals surface area (Å²) < 4.78 is 5.56. The summed E-state index contributed by atoms with van der Waals surface area (Å²) in [5.74, 6) is 0.396. The van der Waals surface area contributed by atoms with Gasteiger partial charge < -0.3 is 14.9 Å². The van der Waals surface area contributed by atoms with Crippen molar-refractivity contribution in [2.24, 2.45) is 5.92 Å². The van der Waals surface area contributed by atoms with Crippen molar-refractivity contribution in [3.05, 3.63) is 0 Å². The molecule has 0 bridgehead atoms. The predicted octanol–water partition coefficient (Wildman–Crippen LogP) is 1.01. The SMILES string of the molecule is CC1COC(CO)CN1CC1CCCCCC1O. The van der Waals surface area contributed by atoms with Crippen LogP contribution in [0.4, 0.5) is 0 Å². The third kappa shape index (κ3) is 3.67. The van der Waals surface area contributed by atoms with Gasteiger partial charge in [0.1, 0.15) is 0 Å². The first-order valence-electron chi connectivity index (χ1n) is 7.35. The van der Waals surface area contributed by atoms with E-state index in [2.05, 4.69) is 11.8 Å². The molecule has 2 aliphatic rings. The average molecular weight is 257 g/mol. The van der Waals surface area contributed by atoms with Crippen LogP contribution in [-0.2, 0) is 4.74 Å². The molecule has 1 aliphatic carbocycles. The third-order valence-electron chi connectivity index (χ3n) is 4.43. The lowest BCUT2D eigenvalue weighted by molar-refractivity contribution is -0.0865. The van der Waals surface area contributed by atoms with Gasteiger partial charge in [-0.3, -0.25) is 4.90 Å². The molecule has 1 saturated heterocycles. The van der Waals surface area contributed by atoms with Crippen LogP contribution in [0.25, 0.3) is 0 Å². The summed E-state index contributed by atoms with van der Waals surface area (Å²) in [7, 11) is 0. The second-order valence-electron chi connectivity index (χ2n) is 5.91. The molecule has 1 heterocycles. The molecule has 2 N–H and O–H groups in total. The van der Waals surface area contributed by atoms with Crippen LogP contribution in [0.3, 0.4) is 0 Å². The maximum Gasteiger partial charge on any atom is 0.0933 e. The average Bonchev–Trinajstić information content (AvgIpc) is 2.58. The van der Waals surface area contributed by atoms with Crippen LogP contribution in [0.15, 0.2) is 0 Å². The number of ether oxygens (including phenoxy) is 1. The lowest BCUT2D eigenvalue weighted by Gasteiger charge is -2.39. The summed E-state index contributed by atoms with van der Waals surface area (Å²) in [6.45, 7) is 4.68. The van der Waals surface area contributed by atoms with Crippen LogP contribution < -0.4 is 0 Å². The van der Waals surface area contributed by atoms with Crippen molar-refractivity contribution < 1.29 is 14.9 Å². The van der Waals surface area contributed by atoms with Gasteiger partial charge in [-0.2, -0.15) is 0 Å². The molecule has 0 aromatic heterocycles. The van der Waals surface area contributed by atoms with Crippen molar-refractivity contribution in [1.82, 2.24) is 4.90 Å². The number of hydrogen-bond donors (Lipinski definition) is 2. The molecule has 1 saturated carbocycles. The summed E-state index contributed by atoms with van der Waals surface area (Å²) >= 11 is 0. The van der Waals surface area contributed by atoms with Crippen molar-refractivity contribution in [2.45, 2.75) is 57.3 Å². The molecule has 0 spiro atoms. The third-order valence-corrected chi connectivity index (χ3v) is 4.43. The smallest absolute Gasteiger partial charge is 0.0933 e. The van der Waals surface area contributed by atoms with Crippen molar-refractivity contribution in [3.63, 3.8) is 0 Å². The zero-order chi connectivity index (χ0) is 13.0. The Morgan fingerprint density at radius 1 is 1.22 bits per heavy atom. The van der Waals surface area contributed by atoms with E-state index >= 15 is 0 Å². The summed E-state index contributed by atoms with van der Waals surface area (Å²) in [6, 6.07) is 0.392. The van der Waals surface area contributed by atoms with Gasteiger partial charge in [-0.25, -0.2) is 0 Å². The number of aliphatic hydroxyl groups is 2. The van der Waals surface area contributed by atoms with Crippen LogP contribution >= 0.6 is 0 Å². The van der Waals surface area contributed by atoms with Gasteiger partial charge in [0.25, 0.3) is 0 Å². The fraction of sp³-hybridized carbons (Fsp3) is 1.00. The maximum atomic E-state index is 10.2. The fourth-order valence-electron chi connectivity index (χ4n) is 3.12. The molecule has 4 heteroatoms. The van der Waals surface area contributed by atoms with E-state index in [4.69, 9.17) is 4.74 Å². The fourth-order valence-corrected chi connectivity index (χ4v) is 3.12.